The highest BCUT2D eigenvalue weighted by molar-refractivity contribution is 5.56. The molecular formula is C12H19NO4. The van der Waals surface area contributed by atoms with Gasteiger partial charge in [-0.05, 0) is 12.1 Å². The fourth-order valence-electron chi connectivity index (χ4n) is 1.32. The lowest BCUT2D eigenvalue weighted by Crippen LogP contribution is -2.12. The number of hydrogen-bond acceptors (Lipinski definition) is 5. The first kappa shape index (κ1) is 13.8. The minimum absolute atomic E-state index is 0.00601. The van der Waals surface area contributed by atoms with Crippen LogP contribution in [0.3, 0.4) is 0 Å². The van der Waals surface area contributed by atoms with Gasteiger partial charge in [0.15, 0.2) is 0 Å². The van der Waals surface area contributed by atoms with Gasteiger partial charge in [0.05, 0.1) is 32.1 Å². The van der Waals surface area contributed by atoms with Crippen molar-refractivity contribution in [1.29, 1.82) is 0 Å². The van der Waals surface area contributed by atoms with E-state index in [-0.39, 0.29) is 19.8 Å². The highest BCUT2D eigenvalue weighted by atomic mass is 16.5. The van der Waals surface area contributed by atoms with Crippen LogP contribution < -0.4 is 10.1 Å². The summed E-state index contributed by atoms with van der Waals surface area (Å²) in [5, 5.41) is 20.4. The van der Waals surface area contributed by atoms with Gasteiger partial charge in [-0.3, -0.25) is 0 Å². The first-order chi connectivity index (χ1) is 8.38. The molecule has 0 aliphatic carbocycles. The average Bonchev–Trinajstić information content (AvgIpc) is 2.37. The molecule has 0 bridgehead atoms. The highest BCUT2D eigenvalue weighted by Gasteiger charge is 2.01. The molecule has 0 fully saturated rings. The largest absolute Gasteiger partial charge is 0.489 e. The number of anilines is 1. The molecule has 0 heterocycles. The number of aliphatic hydroxyl groups is 2. The Balaban J connectivity index is 2.35. The molecule has 0 aromatic heterocycles. The van der Waals surface area contributed by atoms with Gasteiger partial charge in [0, 0.05) is 6.54 Å². The fraction of sp³-hybridized carbons (Fsp3) is 0.500. The van der Waals surface area contributed by atoms with E-state index in [1.807, 2.05) is 24.3 Å². The van der Waals surface area contributed by atoms with E-state index in [0.717, 1.165) is 5.69 Å². The average molecular weight is 241 g/mol. The third-order valence-corrected chi connectivity index (χ3v) is 2.03. The number of para-hydroxylation sites is 2. The van der Waals surface area contributed by atoms with Crippen molar-refractivity contribution in [2.75, 3.05) is 44.9 Å². The van der Waals surface area contributed by atoms with E-state index in [2.05, 4.69) is 5.32 Å². The van der Waals surface area contributed by atoms with Gasteiger partial charge in [-0.15, -0.1) is 0 Å². The van der Waals surface area contributed by atoms with E-state index in [0.29, 0.717) is 25.5 Å². The van der Waals surface area contributed by atoms with Crippen molar-refractivity contribution in [3.8, 4) is 5.75 Å². The second-order valence-electron chi connectivity index (χ2n) is 3.33. The molecule has 0 aliphatic heterocycles. The van der Waals surface area contributed by atoms with Crippen LogP contribution in [0.2, 0.25) is 0 Å². The quantitative estimate of drug-likeness (QED) is 0.548. The molecule has 1 aromatic carbocycles. The molecule has 5 heteroatoms. The molecule has 0 amide bonds. The summed E-state index contributed by atoms with van der Waals surface area (Å²) in [6.45, 7) is 1.82. The van der Waals surface area contributed by atoms with Crippen LogP contribution in [0.1, 0.15) is 0 Å². The zero-order chi connectivity index (χ0) is 12.3. The number of benzene rings is 1. The maximum Gasteiger partial charge on any atom is 0.142 e. The van der Waals surface area contributed by atoms with Gasteiger partial charge in [-0.25, -0.2) is 0 Å². The zero-order valence-electron chi connectivity index (χ0n) is 9.76. The standard InChI is InChI=1S/C12H19NO4/c14-6-9-16-8-5-13-11-3-1-2-4-12(11)17-10-7-15/h1-4,13-15H,5-10H2. The van der Waals surface area contributed by atoms with Crippen LogP contribution in [0, 0.1) is 0 Å². The molecule has 5 nitrogen and oxygen atoms in total. The van der Waals surface area contributed by atoms with Crippen molar-refractivity contribution in [2.45, 2.75) is 0 Å². The topological polar surface area (TPSA) is 71.0 Å². The SMILES string of the molecule is OCCOCCNc1ccccc1OCCO. The summed E-state index contributed by atoms with van der Waals surface area (Å²) in [6.07, 6.45) is 0. The Kier molecular flexibility index (Phi) is 7.13. The third kappa shape index (κ3) is 5.53. The molecule has 0 spiro atoms. The Morgan fingerprint density at radius 1 is 1.00 bits per heavy atom. The summed E-state index contributed by atoms with van der Waals surface area (Å²) in [5.74, 6) is 0.712. The van der Waals surface area contributed by atoms with Crippen LogP contribution >= 0.6 is 0 Å². The predicted molar refractivity (Wildman–Crippen MR) is 65.4 cm³/mol. The summed E-state index contributed by atoms with van der Waals surface area (Å²) in [4.78, 5) is 0. The summed E-state index contributed by atoms with van der Waals surface area (Å²) in [7, 11) is 0. The van der Waals surface area contributed by atoms with Gasteiger partial charge in [0.2, 0.25) is 0 Å². The van der Waals surface area contributed by atoms with Gasteiger partial charge < -0.3 is 25.0 Å². The Morgan fingerprint density at radius 2 is 1.76 bits per heavy atom. The maximum atomic E-state index is 8.70. The van der Waals surface area contributed by atoms with Crippen molar-refractivity contribution in [1.82, 2.24) is 0 Å². The van der Waals surface area contributed by atoms with Crippen molar-refractivity contribution < 1.29 is 19.7 Å². The molecule has 1 rings (SSSR count). The van der Waals surface area contributed by atoms with Crippen LogP contribution in [-0.4, -0.2) is 49.8 Å². The Labute approximate surface area is 101 Å². The van der Waals surface area contributed by atoms with Crippen LogP contribution in [0.15, 0.2) is 24.3 Å². The van der Waals surface area contributed by atoms with Gasteiger partial charge in [0.25, 0.3) is 0 Å². The molecular weight excluding hydrogens is 222 g/mol. The number of aliphatic hydroxyl groups excluding tert-OH is 2. The van der Waals surface area contributed by atoms with Crippen molar-refractivity contribution in [3.05, 3.63) is 24.3 Å². The number of nitrogens with one attached hydrogen (secondary N) is 1. The van der Waals surface area contributed by atoms with E-state index in [1.54, 1.807) is 0 Å². The van der Waals surface area contributed by atoms with Crippen LogP contribution in [-0.2, 0) is 4.74 Å². The Bertz CT molecular complexity index is 306. The van der Waals surface area contributed by atoms with E-state index in [1.165, 1.54) is 0 Å². The van der Waals surface area contributed by atoms with Gasteiger partial charge >= 0.3 is 0 Å². The lowest BCUT2D eigenvalue weighted by Gasteiger charge is -2.12. The maximum absolute atomic E-state index is 8.70. The van der Waals surface area contributed by atoms with E-state index in [4.69, 9.17) is 19.7 Å². The second kappa shape index (κ2) is 8.81. The zero-order valence-corrected chi connectivity index (χ0v) is 9.76. The molecule has 3 N–H and O–H groups in total. The number of rotatable bonds is 9. The molecule has 1 aromatic rings. The molecule has 0 radical (unpaired) electrons. The fourth-order valence-corrected chi connectivity index (χ4v) is 1.32. The molecule has 0 aliphatic rings. The molecule has 0 unspecified atom stereocenters. The smallest absolute Gasteiger partial charge is 0.142 e. The van der Waals surface area contributed by atoms with Crippen molar-refractivity contribution in [2.24, 2.45) is 0 Å². The minimum Gasteiger partial charge on any atom is -0.489 e. The lowest BCUT2D eigenvalue weighted by molar-refractivity contribution is 0.0992. The summed E-state index contributed by atoms with van der Waals surface area (Å²) in [6, 6.07) is 7.52. The first-order valence-corrected chi connectivity index (χ1v) is 5.63. The first-order valence-electron chi connectivity index (χ1n) is 5.63. The highest BCUT2D eigenvalue weighted by Crippen LogP contribution is 2.23. The monoisotopic (exact) mass is 241 g/mol. The molecule has 96 valence electrons. The summed E-state index contributed by atoms with van der Waals surface area (Å²) < 4.78 is 10.5. The van der Waals surface area contributed by atoms with E-state index in [9.17, 15) is 0 Å². The second-order valence-corrected chi connectivity index (χ2v) is 3.33. The van der Waals surface area contributed by atoms with E-state index < -0.39 is 0 Å². The third-order valence-electron chi connectivity index (χ3n) is 2.03. The van der Waals surface area contributed by atoms with Gasteiger partial charge in [-0.1, -0.05) is 12.1 Å². The minimum atomic E-state index is -0.00601. The molecule has 0 atom stereocenters. The Morgan fingerprint density at radius 3 is 2.53 bits per heavy atom. The van der Waals surface area contributed by atoms with Gasteiger partial charge in [0.1, 0.15) is 12.4 Å². The summed E-state index contributed by atoms with van der Waals surface area (Å²) in [5.41, 5.74) is 0.869. The van der Waals surface area contributed by atoms with Crippen molar-refractivity contribution in [3.63, 3.8) is 0 Å². The number of hydrogen-bond donors (Lipinski definition) is 3. The molecule has 0 saturated heterocycles. The van der Waals surface area contributed by atoms with Crippen LogP contribution in [0.25, 0.3) is 0 Å². The van der Waals surface area contributed by atoms with Crippen molar-refractivity contribution >= 4 is 5.69 Å². The number of ether oxygens (including phenoxy) is 2. The normalized spacial score (nSPS) is 10.2. The van der Waals surface area contributed by atoms with Crippen LogP contribution in [0.4, 0.5) is 5.69 Å². The predicted octanol–water partition coefficient (Wildman–Crippen LogP) is 0.478. The van der Waals surface area contributed by atoms with E-state index >= 15 is 0 Å². The molecule has 0 saturated carbocycles. The van der Waals surface area contributed by atoms with Crippen LogP contribution in [0.5, 0.6) is 5.75 Å². The van der Waals surface area contributed by atoms with Gasteiger partial charge in [-0.2, -0.15) is 0 Å². The molecule has 17 heavy (non-hydrogen) atoms. The summed E-state index contributed by atoms with van der Waals surface area (Å²) >= 11 is 0. The Hall–Kier alpha value is -1.30. The lowest BCUT2D eigenvalue weighted by atomic mass is 10.3.